The Kier molecular flexibility index (Phi) is 7.12. The first kappa shape index (κ1) is 18.2. The Morgan fingerprint density at radius 1 is 1.36 bits per heavy atom. The quantitative estimate of drug-likeness (QED) is 0.540. The lowest BCUT2D eigenvalue weighted by Gasteiger charge is -2.16. The van der Waals surface area contributed by atoms with E-state index in [1.54, 1.807) is 27.8 Å². The molecule has 0 spiro atoms. The van der Waals surface area contributed by atoms with Gasteiger partial charge in [0.15, 0.2) is 0 Å². The Bertz CT molecular complexity index is 563. The van der Waals surface area contributed by atoms with E-state index < -0.39 is 0 Å². The summed E-state index contributed by atoms with van der Waals surface area (Å²) in [6, 6.07) is 0. The van der Waals surface area contributed by atoms with Gasteiger partial charge >= 0.3 is 0 Å². The molecule has 0 unspecified atom stereocenters. The molecule has 1 amide bonds. The summed E-state index contributed by atoms with van der Waals surface area (Å²) in [5.74, 6) is 0.345. The van der Waals surface area contributed by atoms with Crippen LogP contribution in [0.1, 0.15) is 25.1 Å². The van der Waals surface area contributed by atoms with Crippen LogP contribution in [-0.2, 0) is 11.3 Å². The molecule has 0 atom stereocenters. The lowest BCUT2D eigenvalue weighted by Crippen LogP contribution is -2.29. The van der Waals surface area contributed by atoms with Crippen LogP contribution in [-0.4, -0.2) is 33.7 Å². The fourth-order valence-electron chi connectivity index (χ4n) is 2.05. The molecule has 0 aliphatic heterocycles. The van der Waals surface area contributed by atoms with Crippen LogP contribution < -0.4 is 0 Å². The molecule has 0 aliphatic rings. The van der Waals surface area contributed by atoms with Gasteiger partial charge in [0.2, 0.25) is 5.91 Å². The Balaban J connectivity index is 2.93. The summed E-state index contributed by atoms with van der Waals surface area (Å²) in [6.45, 7) is 15.1. The van der Waals surface area contributed by atoms with Crippen LogP contribution in [0.4, 0.5) is 0 Å². The van der Waals surface area contributed by atoms with Crippen LogP contribution in [0.15, 0.2) is 31.4 Å². The fraction of sp³-hybridized carbons (Fsp3) is 0.412. The summed E-state index contributed by atoms with van der Waals surface area (Å²) in [4.78, 5) is 13.8. The summed E-state index contributed by atoms with van der Waals surface area (Å²) in [5, 5.41) is 4.99. The normalized spacial score (nSPS) is 11.1. The second-order valence-corrected chi connectivity index (χ2v) is 5.88. The maximum Gasteiger partial charge on any atom is 0.247 e. The Labute approximate surface area is 137 Å². The lowest BCUT2D eigenvalue weighted by molar-refractivity contribution is -0.124. The van der Waals surface area contributed by atoms with Crippen molar-refractivity contribution in [3.8, 4) is 0 Å². The topological polar surface area (TPSA) is 38.1 Å². The number of aromatic nitrogens is 2. The molecule has 1 heterocycles. The largest absolute Gasteiger partial charge is 0.332 e. The predicted octanol–water partition coefficient (Wildman–Crippen LogP) is 3.71. The van der Waals surface area contributed by atoms with Crippen molar-refractivity contribution in [2.24, 2.45) is 5.92 Å². The summed E-state index contributed by atoms with van der Waals surface area (Å²) in [6.07, 6.45) is 6.62. The average Bonchev–Trinajstić information content (AvgIpc) is 2.70. The zero-order valence-electron chi connectivity index (χ0n) is 13.6. The maximum atomic E-state index is 12.2. The summed E-state index contributed by atoms with van der Waals surface area (Å²) in [5.41, 5.74) is 1.60. The van der Waals surface area contributed by atoms with E-state index in [0.717, 1.165) is 17.8 Å². The molecule has 5 heteroatoms. The molecule has 0 aliphatic carbocycles. The average molecular weight is 322 g/mol. The molecule has 1 aromatic heterocycles. The van der Waals surface area contributed by atoms with Crippen molar-refractivity contribution in [3.63, 3.8) is 0 Å². The molecule has 0 saturated carbocycles. The third-order valence-corrected chi connectivity index (χ3v) is 3.45. The molecule has 22 heavy (non-hydrogen) atoms. The second kappa shape index (κ2) is 8.59. The lowest BCUT2D eigenvalue weighted by atomic mass is 10.2. The highest BCUT2D eigenvalue weighted by atomic mass is 35.5. The number of aryl methyl sites for hydroxylation is 1. The highest BCUT2D eigenvalue weighted by molar-refractivity contribution is 6.31. The van der Waals surface area contributed by atoms with Crippen molar-refractivity contribution in [2.45, 2.75) is 27.3 Å². The van der Waals surface area contributed by atoms with Gasteiger partial charge in [-0.2, -0.15) is 5.10 Å². The Morgan fingerprint density at radius 3 is 2.45 bits per heavy atom. The fourth-order valence-corrected chi connectivity index (χ4v) is 2.36. The molecule has 0 fully saturated rings. The predicted molar refractivity (Wildman–Crippen MR) is 92.8 cm³/mol. The zero-order valence-corrected chi connectivity index (χ0v) is 14.3. The van der Waals surface area contributed by atoms with Crippen LogP contribution in [0.25, 0.3) is 6.08 Å². The first-order chi connectivity index (χ1) is 10.4. The number of halogens is 1. The molecule has 0 saturated heterocycles. The van der Waals surface area contributed by atoms with Gasteiger partial charge < -0.3 is 4.90 Å². The van der Waals surface area contributed by atoms with E-state index in [0.29, 0.717) is 24.2 Å². The van der Waals surface area contributed by atoms with Crippen molar-refractivity contribution in [3.05, 3.63) is 47.8 Å². The van der Waals surface area contributed by atoms with E-state index in [1.165, 1.54) is 6.08 Å². The van der Waals surface area contributed by atoms with Crippen LogP contribution >= 0.6 is 11.6 Å². The Hall–Kier alpha value is -1.81. The molecular weight excluding hydrogens is 298 g/mol. The highest BCUT2D eigenvalue weighted by Gasteiger charge is 2.13. The molecular formula is C17H24ClN3O. The van der Waals surface area contributed by atoms with Gasteiger partial charge in [-0.15, -0.1) is 13.2 Å². The number of nitrogens with zero attached hydrogens (tertiary/aromatic N) is 3. The summed E-state index contributed by atoms with van der Waals surface area (Å²) in [7, 11) is 0. The van der Waals surface area contributed by atoms with Crippen LogP contribution in [0.3, 0.4) is 0 Å². The smallest absolute Gasteiger partial charge is 0.247 e. The van der Waals surface area contributed by atoms with Gasteiger partial charge in [0.25, 0.3) is 0 Å². The first-order valence-corrected chi connectivity index (χ1v) is 7.70. The molecule has 0 N–H and O–H groups in total. The SMILES string of the molecule is C=CCN(CC=C)C(=O)/C=C/c1c(C)nn(CC(C)C)c1Cl. The number of rotatable bonds is 8. The molecule has 1 aromatic rings. The minimum absolute atomic E-state index is 0.105. The molecule has 0 radical (unpaired) electrons. The minimum atomic E-state index is -0.105. The third-order valence-electron chi connectivity index (χ3n) is 3.05. The second-order valence-electron chi connectivity index (χ2n) is 5.52. The van der Waals surface area contributed by atoms with Crippen LogP contribution in [0.2, 0.25) is 5.15 Å². The van der Waals surface area contributed by atoms with Gasteiger partial charge in [-0.3, -0.25) is 9.48 Å². The standard InChI is InChI=1S/C17H24ClN3O/c1-6-10-20(11-7-2)16(22)9-8-15-14(5)19-21(17(15)18)12-13(3)4/h6-9,13H,1-2,10-12H2,3-5H3/b9-8+. The van der Waals surface area contributed by atoms with E-state index >= 15 is 0 Å². The van der Waals surface area contributed by atoms with Crippen molar-refractivity contribution in [2.75, 3.05) is 13.1 Å². The monoisotopic (exact) mass is 321 g/mol. The maximum absolute atomic E-state index is 12.2. The van der Waals surface area contributed by atoms with Crippen molar-refractivity contribution in [1.29, 1.82) is 0 Å². The van der Waals surface area contributed by atoms with Gasteiger partial charge in [0.05, 0.1) is 5.69 Å². The van der Waals surface area contributed by atoms with E-state index in [1.807, 2.05) is 6.92 Å². The van der Waals surface area contributed by atoms with Crippen LogP contribution in [0.5, 0.6) is 0 Å². The van der Waals surface area contributed by atoms with E-state index in [2.05, 4.69) is 32.1 Å². The van der Waals surface area contributed by atoms with Crippen molar-refractivity contribution < 1.29 is 4.79 Å². The number of hydrogen-bond donors (Lipinski definition) is 0. The van der Waals surface area contributed by atoms with Crippen molar-refractivity contribution in [1.82, 2.24) is 14.7 Å². The van der Waals surface area contributed by atoms with E-state index in [-0.39, 0.29) is 5.91 Å². The zero-order chi connectivity index (χ0) is 16.7. The van der Waals surface area contributed by atoms with Gasteiger partial charge in [-0.05, 0) is 18.9 Å². The molecule has 0 aromatic carbocycles. The minimum Gasteiger partial charge on any atom is -0.332 e. The first-order valence-electron chi connectivity index (χ1n) is 7.32. The van der Waals surface area contributed by atoms with E-state index in [9.17, 15) is 4.79 Å². The number of hydrogen-bond acceptors (Lipinski definition) is 2. The van der Waals surface area contributed by atoms with Crippen LogP contribution in [0, 0.1) is 12.8 Å². The molecule has 4 nitrogen and oxygen atoms in total. The summed E-state index contributed by atoms with van der Waals surface area (Å²) < 4.78 is 1.77. The summed E-state index contributed by atoms with van der Waals surface area (Å²) >= 11 is 6.35. The molecule has 0 bridgehead atoms. The molecule has 120 valence electrons. The van der Waals surface area contributed by atoms with Gasteiger partial charge in [-0.25, -0.2) is 0 Å². The van der Waals surface area contributed by atoms with Crippen molar-refractivity contribution >= 4 is 23.6 Å². The Morgan fingerprint density at radius 2 is 1.95 bits per heavy atom. The molecule has 1 rings (SSSR count). The number of amides is 1. The highest BCUT2D eigenvalue weighted by Crippen LogP contribution is 2.22. The van der Waals surface area contributed by atoms with E-state index in [4.69, 9.17) is 11.6 Å². The number of carbonyl (C=O) groups excluding carboxylic acids is 1. The van der Waals surface area contributed by atoms with Gasteiger partial charge in [0.1, 0.15) is 5.15 Å². The van der Waals surface area contributed by atoms with Gasteiger partial charge in [0, 0.05) is 31.3 Å². The third kappa shape index (κ3) is 4.88. The van der Waals surface area contributed by atoms with Gasteiger partial charge in [-0.1, -0.05) is 37.6 Å². The number of carbonyl (C=O) groups is 1.